The summed E-state index contributed by atoms with van der Waals surface area (Å²) in [5, 5.41) is 3.47. The Morgan fingerprint density at radius 1 is 1.12 bits per heavy atom. The number of nitrogens with zero attached hydrogens (tertiary/aromatic N) is 4. The highest BCUT2D eigenvalue weighted by Crippen LogP contribution is 2.25. The van der Waals surface area contributed by atoms with Gasteiger partial charge in [0.2, 0.25) is 0 Å². The lowest BCUT2D eigenvalue weighted by Crippen LogP contribution is -2.37. The molecule has 1 atom stereocenters. The van der Waals surface area contributed by atoms with Crippen LogP contribution in [-0.2, 0) is 11.3 Å². The van der Waals surface area contributed by atoms with Gasteiger partial charge in [-0.25, -0.2) is 9.97 Å². The molecule has 4 rings (SSSR count). The molecule has 0 spiro atoms. The number of pyridine rings is 1. The number of aromatic nitrogens is 3. The van der Waals surface area contributed by atoms with Gasteiger partial charge in [0.1, 0.15) is 12.1 Å². The predicted molar refractivity (Wildman–Crippen MR) is 101 cm³/mol. The Labute approximate surface area is 155 Å². The van der Waals surface area contributed by atoms with Crippen LogP contribution in [0.2, 0.25) is 0 Å². The van der Waals surface area contributed by atoms with E-state index >= 15 is 0 Å². The lowest BCUT2D eigenvalue weighted by atomic mass is 9.96. The minimum Gasteiger partial charge on any atom is -0.372 e. The first-order valence-corrected chi connectivity index (χ1v) is 9.67. The van der Waals surface area contributed by atoms with Crippen molar-refractivity contribution < 1.29 is 4.74 Å². The molecule has 138 valence electrons. The van der Waals surface area contributed by atoms with Crippen LogP contribution >= 0.6 is 0 Å². The fourth-order valence-electron chi connectivity index (χ4n) is 3.80. The quantitative estimate of drug-likeness (QED) is 0.891. The minimum atomic E-state index is 0.303. The zero-order valence-corrected chi connectivity index (χ0v) is 15.2. The molecular weight excluding hydrogens is 326 g/mol. The lowest BCUT2D eigenvalue weighted by molar-refractivity contribution is 0.0233. The molecule has 1 unspecified atom stereocenters. The van der Waals surface area contributed by atoms with Gasteiger partial charge in [-0.3, -0.25) is 4.98 Å². The second kappa shape index (κ2) is 8.56. The van der Waals surface area contributed by atoms with Crippen molar-refractivity contribution in [2.24, 2.45) is 0 Å². The zero-order chi connectivity index (χ0) is 17.6. The van der Waals surface area contributed by atoms with Gasteiger partial charge in [-0.05, 0) is 44.4 Å². The Morgan fingerprint density at radius 2 is 2.04 bits per heavy atom. The summed E-state index contributed by atoms with van der Waals surface area (Å²) >= 11 is 0. The summed E-state index contributed by atoms with van der Waals surface area (Å²) in [7, 11) is 0. The molecule has 1 N–H and O–H groups in total. The van der Waals surface area contributed by atoms with E-state index in [0.29, 0.717) is 18.6 Å². The maximum Gasteiger partial charge on any atom is 0.132 e. The third kappa shape index (κ3) is 4.37. The standard InChI is InChI=1S/C20H27N5O/c1-2-9-22-17(5-1)14-26-18-6-10-25(11-7-18)20-12-19(23-15-24-20)16-4-3-8-21-13-16/h1-2,5,9,12,15-16,18,21H,3-4,6-8,10-11,13-14H2. The molecule has 0 aromatic carbocycles. The summed E-state index contributed by atoms with van der Waals surface area (Å²) in [5.74, 6) is 1.58. The molecule has 2 aromatic heterocycles. The summed E-state index contributed by atoms with van der Waals surface area (Å²) in [5.41, 5.74) is 2.17. The Balaban J connectivity index is 1.30. The first kappa shape index (κ1) is 17.4. The van der Waals surface area contributed by atoms with Crippen LogP contribution < -0.4 is 10.2 Å². The number of piperidine rings is 2. The first-order chi connectivity index (χ1) is 12.9. The Kier molecular flexibility index (Phi) is 5.72. The van der Waals surface area contributed by atoms with Crippen LogP contribution in [-0.4, -0.2) is 47.2 Å². The second-order valence-corrected chi connectivity index (χ2v) is 7.16. The van der Waals surface area contributed by atoms with Gasteiger partial charge in [-0.15, -0.1) is 0 Å². The van der Waals surface area contributed by atoms with Crippen LogP contribution in [0.4, 0.5) is 5.82 Å². The van der Waals surface area contributed by atoms with E-state index < -0.39 is 0 Å². The van der Waals surface area contributed by atoms with Gasteiger partial charge in [0, 0.05) is 37.8 Å². The van der Waals surface area contributed by atoms with Crippen LogP contribution in [0.25, 0.3) is 0 Å². The van der Waals surface area contributed by atoms with Gasteiger partial charge in [0.25, 0.3) is 0 Å². The summed E-state index contributed by atoms with van der Waals surface area (Å²) < 4.78 is 6.04. The first-order valence-electron chi connectivity index (χ1n) is 9.67. The minimum absolute atomic E-state index is 0.303. The van der Waals surface area contributed by atoms with Crippen LogP contribution in [0.3, 0.4) is 0 Å². The molecule has 2 aliphatic heterocycles. The average Bonchev–Trinajstić information content (AvgIpc) is 2.74. The highest BCUT2D eigenvalue weighted by molar-refractivity contribution is 5.40. The molecule has 2 saturated heterocycles. The van der Waals surface area contributed by atoms with Crippen molar-refractivity contribution in [1.82, 2.24) is 20.3 Å². The summed E-state index contributed by atoms with van der Waals surface area (Å²) in [4.78, 5) is 15.7. The number of hydrogen-bond donors (Lipinski definition) is 1. The third-order valence-electron chi connectivity index (χ3n) is 5.35. The molecule has 0 radical (unpaired) electrons. The van der Waals surface area contributed by atoms with Crippen molar-refractivity contribution in [2.45, 2.75) is 44.3 Å². The van der Waals surface area contributed by atoms with E-state index in [9.17, 15) is 0 Å². The van der Waals surface area contributed by atoms with Crippen LogP contribution in [0.15, 0.2) is 36.8 Å². The number of rotatable bonds is 5. The smallest absolute Gasteiger partial charge is 0.132 e. The van der Waals surface area contributed by atoms with Gasteiger partial charge >= 0.3 is 0 Å². The molecule has 4 heterocycles. The normalized spacial score (nSPS) is 21.7. The Hall–Kier alpha value is -2.05. The lowest BCUT2D eigenvalue weighted by Gasteiger charge is -2.33. The van der Waals surface area contributed by atoms with Crippen LogP contribution in [0.1, 0.15) is 43.0 Å². The fraction of sp³-hybridized carbons (Fsp3) is 0.550. The van der Waals surface area contributed by atoms with Crippen molar-refractivity contribution in [3.8, 4) is 0 Å². The molecule has 0 amide bonds. The highest BCUT2D eigenvalue weighted by Gasteiger charge is 2.23. The number of ether oxygens (including phenoxy) is 1. The maximum atomic E-state index is 6.04. The van der Waals surface area contributed by atoms with Crippen LogP contribution in [0, 0.1) is 0 Å². The summed E-state index contributed by atoms with van der Waals surface area (Å²) in [6, 6.07) is 8.13. The van der Waals surface area contributed by atoms with Crippen molar-refractivity contribution in [2.75, 3.05) is 31.1 Å². The van der Waals surface area contributed by atoms with Gasteiger partial charge in [0.15, 0.2) is 0 Å². The molecule has 2 aromatic rings. The fourth-order valence-corrected chi connectivity index (χ4v) is 3.80. The molecule has 6 heteroatoms. The van der Waals surface area contributed by atoms with E-state index in [1.807, 2.05) is 24.4 Å². The molecule has 0 aliphatic carbocycles. The second-order valence-electron chi connectivity index (χ2n) is 7.16. The number of hydrogen-bond acceptors (Lipinski definition) is 6. The third-order valence-corrected chi connectivity index (χ3v) is 5.35. The van der Waals surface area contributed by atoms with Crippen LogP contribution in [0.5, 0.6) is 0 Å². The van der Waals surface area contributed by atoms with Gasteiger partial charge in [0.05, 0.1) is 24.1 Å². The van der Waals surface area contributed by atoms with Gasteiger partial charge in [-0.2, -0.15) is 0 Å². The monoisotopic (exact) mass is 353 g/mol. The van der Waals surface area contributed by atoms with Crippen molar-refractivity contribution in [3.63, 3.8) is 0 Å². The van der Waals surface area contributed by atoms with E-state index in [4.69, 9.17) is 4.74 Å². The van der Waals surface area contributed by atoms with Crippen molar-refractivity contribution in [3.05, 3.63) is 48.2 Å². The molecule has 0 bridgehead atoms. The van der Waals surface area contributed by atoms with E-state index in [2.05, 4.69) is 31.2 Å². The molecule has 2 aliphatic rings. The van der Waals surface area contributed by atoms with E-state index in [1.54, 1.807) is 6.33 Å². The van der Waals surface area contributed by atoms with Gasteiger partial charge < -0.3 is 15.0 Å². The summed E-state index contributed by atoms with van der Waals surface area (Å²) in [6.45, 7) is 4.71. The molecule has 6 nitrogen and oxygen atoms in total. The Morgan fingerprint density at radius 3 is 2.81 bits per heavy atom. The molecule has 26 heavy (non-hydrogen) atoms. The summed E-state index contributed by atoms with van der Waals surface area (Å²) in [6.07, 6.45) is 8.33. The predicted octanol–water partition coefficient (Wildman–Crippen LogP) is 2.52. The molecule has 0 saturated carbocycles. The van der Waals surface area contributed by atoms with E-state index in [0.717, 1.165) is 50.5 Å². The number of anilines is 1. The van der Waals surface area contributed by atoms with Gasteiger partial charge in [-0.1, -0.05) is 6.07 Å². The molecular formula is C20H27N5O. The topological polar surface area (TPSA) is 63.2 Å². The SMILES string of the molecule is c1ccc(COC2CCN(c3cc(C4CCCNC4)ncn3)CC2)nc1. The average molecular weight is 353 g/mol. The molecule has 2 fully saturated rings. The largest absolute Gasteiger partial charge is 0.372 e. The van der Waals surface area contributed by atoms with E-state index in [1.165, 1.54) is 18.5 Å². The van der Waals surface area contributed by atoms with E-state index in [-0.39, 0.29) is 0 Å². The van der Waals surface area contributed by atoms with Crippen molar-refractivity contribution >= 4 is 5.82 Å². The Bertz CT molecular complexity index is 682. The highest BCUT2D eigenvalue weighted by atomic mass is 16.5. The van der Waals surface area contributed by atoms with Crippen molar-refractivity contribution in [1.29, 1.82) is 0 Å². The number of nitrogens with one attached hydrogen (secondary N) is 1. The zero-order valence-electron chi connectivity index (χ0n) is 15.2. The maximum absolute atomic E-state index is 6.04.